The average Bonchev–Trinajstić information content (AvgIpc) is 2.84. The molecule has 100 valence electrons. The minimum absolute atomic E-state index is 0.613. The van der Waals surface area contributed by atoms with Crippen LogP contribution in [0.2, 0.25) is 0 Å². The molecule has 0 bridgehead atoms. The molecule has 3 nitrogen and oxygen atoms in total. The molecule has 0 aliphatic carbocycles. The van der Waals surface area contributed by atoms with E-state index in [9.17, 15) is 0 Å². The van der Waals surface area contributed by atoms with Crippen molar-refractivity contribution in [1.29, 1.82) is 0 Å². The number of hydrogen-bond acceptors (Lipinski definition) is 2. The number of imidazole rings is 1. The molecule has 1 aliphatic heterocycles. The van der Waals surface area contributed by atoms with Crippen molar-refractivity contribution in [2.75, 3.05) is 13.1 Å². The van der Waals surface area contributed by atoms with Crippen molar-refractivity contribution in [2.24, 2.45) is 0 Å². The fourth-order valence-electron chi connectivity index (χ4n) is 2.53. The highest BCUT2D eigenvalue weighted by molar-refractivity contribution is 5.37. The van der Waals surface area contributed by atoms with E-state index in [0.29, 0.717) is 5.92 Å². The molecule has 1 N–H and O–H groups in total. The van der Waals surface area contributed by atoms with Crippen LogP contribution in [-0.4, -0.2) is 22.6 Å². The average molecular weight is 255 g/mol. The van der Waals surface area contributed by atoms with Gasteiger partial charge in [-0.05, 0) is 30.5 Å². The fourth-order valence-corrected chi connectivity index (χ4v) is 2.53. The minimum Gasteiger partial charge on any atom is -0.315 e. The molecule has 2 heterocycles. The third kappa shape index (κ3) is 2.56. The van der Waals surface area contributed by atoms with Crippen LogP contribution < -0.4 is 5.32 Å². The van der Waals surface area contributed by atoms with E-state index in [0.717, 1.165) is 13.1 Å². The van der Waals surface area contributed by atoms with Gasteiger partial charge in [-0.2, -0.15) is 0 Å². The molecule has 0 saturated carbocycles. The molecule has 0 amide bonds. The Morgan fingerprint density at radius 1 is 1.26 bits per heavy atom. The van der Waals surface area contributed by atoms with Crippen molar-refractivity contribution in [3.05, 3.63) is 48.0 Å². The van der Waals surface area contributed by atoms with E-state index in [2.05, 4.69) is 46.1 Å². The van der Waals surface area contributed by atoms with Gasteiger partial charge in [0, 0.05) is 36.6 Å². The van der Waals surface area contributed by atoms with Gasteiger partial charge in [0.05, 0.1) is 6.33 Å². The topological polar surface area (TPSA) is 29.9 Å². The summed E-state index contributed by atoms with van der Waals surface area (Å²) in [4.78, 5) is 4.31. The first kappa shape index (κ1) is 12.4. The lowest BCUT2D eigenvalue weighted by Crippen LogP contribution is -2.40. The molecule has 1 aromatic heterocycles. The molecule has 0 atom stereocenters. The highest BCUT2D eigenvalue weighted by atomic mass is 15.1. The van der Waals surface area contributed by atoms with Gasteiger partial charge in [-0.25, -0.2) is 4.98 Å². The highest BCUT2D eigenvalue weighted by Crippen LogP contribution is 2.23. The molecule has 1 saturated heterocycles. The van der Waals surface area contributed by atoms with Gasteiger partial charge in [0.25, 0.3) is 0 Å². The van der Waals surface area contributed by atoms with Crippen molar-refractivity contribution in [3.63, 3.8) is 0 Å². The second kappa shape index (κ2) is 5.57. The molecule has 1 fully saturated rings. The van der Waals surface area contributed by atoms with Crippen LogP contribution in [0.25, 0.3) is 5.69 Å². The normalized spacial score (nSPS) is 15.4. The summed E-state index contributed by atoms with van der Waals surface area (Å²) in [5, 5.41) is 3.32. The predicted octanol–water partition coefficient (Wildman–Crippen LogP) is 2.90. The van der Waals surface area contributed by atoms with E-state index in [1.807, 2.05) is 12.5 Å². The van der Waals surface area contributed by atoms with Gasteiger partial charge in [0.1, 0.15) is 0 Å². The maximum Gasteiger partial charge on any atom is 0.0994 e. The van der Waals surface area contributed by atoms with Gasteiger partial charge in [-0.3, -0.25) is 0 Å². The second-order valence-electron chi connectivity index (χ2n) is 5.31. The molecular weight excluding hydrogens is 234 g/mol. The van der Waals surface area contributed by atoms with Gasteiger partial charge in [0.15, 0.2) is 0 Å². The quantitative estimate of drug-likeness (QED) is 0.890. The number of unbranched alkanes of at least 4 members (excludes halogenated alkanes) is 1. The van der Waals surface area contributed by atoms with Crippen LogP contribution in [0.3, 0.4) is 0 Å². The van der Waals surface area contributed by atoms with Crippen molar-refractivity contribution < 1.29 is 0 Å². The van der Waals surface area contributed by atoms with Crippen LogP contribution in [0.4, 0.5) is 0 Å². The van der Waals surface area contributed by atoms with Crippen LogP contribution in [0.1, 0.15) is 36.9 Å². The third-order valence-corrected chi connectivity index (χ3v) is 3.90. The summed E-state index contributed by atoms with van der Waals surface area (Å²) in [5.74, 6) is 0.613. The highest BCUT2D eigenvalue weighted by Gasteiger charge is 2.22. The molecular formula is C16H21N3. The number of aromatic nitrogens is 2. The van der Waals surface area contributed by atoms with Crippen LogP contribution in [0.15, 0.2) is 36.8 Å². The smallest absolute Gasteiger partial charge is 0.0994 e. The molecule has 3 heteroatoms. The van der Waals surface area contributed by atoms with Crippen LogP contribution in [0.5, 0.6) is 0 Å². The lowest BCUT2D eigenvalue weighted by molar-refractivity contribution is 0.435. The van der Waals surface area contributed by atoms with Crippen molar-refractivity contribution in [1.82, 2.24) is 14.9 Å². The largest absolute Gasteiger partial charge is 0.315 e. The van der Waals surface area contributed by atoms with Gasteiger partial charge in [-0.1, -0.05) is 25.5 Å². The van der Waals surface area contributed by atoms with Gasteiger partial charge >= 0.3 is 0 Å². The zero-order valence-electron chi connectivity index (χ0n) is 11.5. The van der Waals surface area contributed by atoms with Crippen molar-refractivity contribution >= 4 is 0 Å². The van der Waals surface area contributed by atoms with Crippen LogP contribution in [0, 0.1) is 0 Å². The van der Waals surface area contributed by atoms with E-state index in [-0.39, 0.29) is 0 Å². The predicted molar refractivity (Wildman–Crippen MR) is 77.8 cm³/mol. The zero-order chi connectivity index (χ0) is 13.1. The van der Waals surface area contributed by atoms with Crippen LogP contribution >= 0.6 is 0 Å². The SMILES string of the molecule is CCCCc1ccc(-n2cncc2C2CNC2)cc1. The first-order valence-electron chi connectivity index (χ1n) is 7.20. The number of rotatable bonds is 5. The third-order valence-electron chi connectivity index (χ3n) is 3.90. The number of aryl methyl sites for hydroxylation is 1. The zero-order valence-corrected chi connectivity index (χ0v) is 11.5. The fraction of sp³-hybridized carbons (Fsp3) is 0.438. The second-order valence-corrected chi connectivity index (χ2v) is 5.31. The molecule has 0 unspecified atom stereocenters. The lowest BCUT2D eigenvalue weighted by Gasteiger charge is -2.27. The standard InChI is InChI=1S/C16H21N3/c1-2-3-4-13-5-7-15(8-6-13)19-12-18-11-16(19)14-9-17-10-14/h5-8,11-12,14,17H,2-4,9-10H2,1H3. The molecule has 3 rings (SSSR count). The summed E-state index contributed by atoms with van der Waals surface area (Å²) in [5.41, 5.74) is 3.97. The maximum absolute atomic E-state index is 4.31. The maximum atomic E-state index is 4.31. The Morgan fingerprint density at radius 2 is 2.05 bits per heavy atom. The number of nitrogens with one attached hydrogen (secondary N) is 1. The molecule has 0 radical (unpaired) electrons. The summed E-state index contributed by atoms with van der Waals surface area (Å²) >= 11 is 0. The first-order chi connectivity index (χ1) is 9.38. The summed E-state index contributed by atoms with van der Waals surface area (Å²) in [6, 6.07) is 8.91. The molecule has 0 spiro atoms. The minimum atomic E-state index is 0.613. The van der Waals surface area contributed by atoms with Crippen LogP contribution in [-0.2, 0) is 6.42 Å². The monoisotopic (exact) mass is 255 g/mol. The van der Waals surface area contributed by atoms with E-state index < -0.39 is 0 Å². The summed E-state index contributed by atoms with van der Waals surface area (Å²) in [6.45, 7) is 4.37. The Kier molecular flexibility index (Phi) is 3.65. The van der Waals surface area contributed by atoms with Crippen molar-refractivity contribution in [2.45, 2.75) is 32.1 Å². The summed E-state index contributed by atoms with van der Waals surface area (Å²) in [7, 11) is 0. The summed E-state index contributed by atoms with van der Waals surface area (Å²) in [6.07, 6.45) is 7.62. The van der Waals surface area contributed by atoms with Gasteiger partial charge < -0.3 is 9.88 Å². The Balaban J connectivity index is 1.80. The Hall–Kier alpha value is -1.61. The molecule has 2 aromatic rings. The Labute approximate surface area is 114 Å². The Morgan fingerprint density at radius 3 is 2.68 bits per heavy atom. The van der Waals surface area contributed by atoms with Gasteiger partial charge in [-0.15, -0.1) is 0 Å². The number of hydrogen-bond donors (Lipinski definition) is 1. The van der Waals surface area contributed by atoms with E-state index >= 15 is 0 Å². The van der Waals surface area contributed by atoms with Gasteiger partial charge in [0.2, 0.25) is 0 Å². The summed E-state index contributed by atoms with van der Waals surface area (Å²) < 4.78 is 2.22. The molecule has 1 aliphatic rings. The lowest BCUT2D eigenvalue weighted by atomic mass is 9.99. The van der Waals surface area contributed by atoms with Crippen molar-refractivity contribution in [3.8, 4) is 5.69 Å². The number of nitrogens with zero attached hydrogens (tertiary/aromatic N) is 2. The van der Waals surface area contributed by atoms with E-state index in [1.54, 1.807) is 0 Å². The molecule has 1 aromatic carbocycles. The van der Waals surface area contributed by atoms with E-state index in [4.69, 9.17) is 0 Å². The first-order valence-corrected chi connectivity index (χ1v) is 7.20. The number of benzene rings is 1. The molecule has 19 heavy (non-hydrogen) atoms. The van der Waals surface area contributed by atoms with E-state index in [1.165, 1.54) is 36.2 Å². The Bertz CT molecular complexity index is 523.